The van der Waals surface area contributed by atoms with Crippen LogP contribution < -0.4 is 0 Å². The van der Waals surface area contributed by atoms with Crippen molar-refractivity contribution in [3.8, 4) is 0 Å². The van der Waals surface area contributed by atoms with Gasteiger partial charge in [-0.3, -0.25) is 4.79 Å². The fraction of sp³-hybridized carbons (Fsp3) is 0.538. The van der Waals surface area contributed by atoms with Crippen LogP contribution in [0.25, 0.3) is 0 Å². The van der Waals surface area contributed by atoms with Gasteiger partial charge in [-0.05, 0) is 25.3 Å². The first-order valence-electron chi connectivity index (χ1n) is 6.67. The van der Waals surface area contributed by atoms with E-state index in [2.05, 4.69) is 13.9 Å². The molecule has 0 saturated heterocycles. The summed E-state index contributed by atoms with van der Waals surface area (Å²) in [5.41, 5.74) is -4.88. The second-order valence-electron chi connectivity index (χ2n) is 4.83. The quantitative estimate of drug-likeness (QED) is 0.448. The highest BCUT2D eigenvalue weighted by molar-refractivity contribution is 7.87. The van der Waals surface area contributed by atoms with E-state index in [1.165, 1.54) is 18.4 Å². The lowest BCUT2D eigenvalue weighted by molar-refractivity contribution is -0.126. The molecule has 1 heterocycles. The molecule has 1 aliphatic rings. The van der Waals surface area contributed by atoms with Crippen molar-refractivity contribution in [1.82, 2.24) is 4.98 Å². The predicted octanol–water partition coefficient (Wildman–Crippen LogP) is 3.34. The van der Waals surface area contributed by atoms with Gasteiger partial charge in [0, 0.05) is 23.9 Å². The van der Waals surface area contributed by atoms with Crippen LogP contribution in [0.3, 0.4) is 0 Å². The average Bonchev–Trinajstić information content (AvgIpc) is 3.02. The van der Waals surface area contributed by atoms with E-state index in [1.54, 1.807) is 18.5 Å². The van der Waals surface area contributed by atoms with Crippen LogP contribution in [0.15, 0.2) is 22.9 Å². The number of methoxy groups -OCH3 is 1. The molecule has 0 fully saturated rings. The molecule has 0 amide bonds. The molecule has 1 atom stereocenters. The Morgan fingerprint density at radius 1 is 1.42 bits per heavy atom. The van der Waals surface area contributed by atoms with Crippen molar-refractivity contribution in [3.63, 3.8) is 0 Å². The molecule has 0 spiro atoms. The number of hydrogen-bond donors (Lipinski definition) is 0. The van der Waals surface area contributed by atoms with Gasteiger partial charge < -0.3 is 8.92 Å². The van der Waals surface area contributed by atoms with Crippen LogP contribution in [0.1, 0.15) is 37.1 Å². The van der Waals surface area contributed by atoms with Gasteiger partial charge in [-0.1, -0.05) is 0 Å². The number of nitrogens with zero attached hydrogens (tertiary/aromatic N) is 1. The van der Waals surface area contributed by atoms with Gasteiger partial charge in [0.15, 0.2) is 0 Å². The Morgan fingerprint density at radius 3 is 2.50 bits per heavy atom. The Labute approximate surface area is 141 Å². The minimum absolute atomic E-state index is 0.0999. The summed E-state index contributed by atoms with van der Waals surface area (Å²) < 4.78 is 67.3. The monoisotopic (exact) mass is 387 g/mol. The molecule has 1 aromatic heterocycles. The summed E-state index contributed by atoms with van der Waals surface area (Å²) in [5, 5.41) is 2.55. The zero-order chi connectivity index (χ0) is 18.4. The van der Waals surface area contributed by atoms with E-state index >= 15 is 0 Å². The van der Waals surface area contributed by atoms with E-state index in [9.17, 15) is 21.6 Å². The summed E-state index contributed by atoms with van der Waals surface area (Å²) in [6.07, 6.45) is 2.94. The van der Waals surface area contributed by atoms with Gasteiger partial charge in [-0.2, -0.15) is 21.6 Å². The van der Waals surface area contributed by atoms with Gasteiger partial charge in [0.1, 0.15) is 5.76 Å². The molecule has 24 heavy (non-hydrogen) atoms. The van der Waals surface area contributed by atoms with E-state index in [1.807, 2.05) is 0 Å². The third-order valence-electron chi connectivity index (χ3n) is 3.17. The molecule has 11 heteroatoms. The molecular weight excluding hydrogens is 371 g/mol. The number of rotatable bonds is 4. The maximum Gasteiger partial charge on any atom is 0.534 e. The molecule has 0 aliphatic heterocycles. The molecule has 0 bridgehead atoms. The molecule has 6 nitrogen and oxygen atoms in total. The Morgan fingerprint density at radius 2 is 2.04 bits per heavy atom. The van der Waals surface area contributed by atoms with Crippen molar-refractivity contribution in [2.75, 3.05) is 7.11 Å². The minimum atomic E-state index is -5.60. The summed E-state index contributed by atoms with van der Waals surface area (Å²) in [7, 11) is -4.28. The topological polar surface area (TPSA) is 82.6 Å². The minimum Gasteiger partial charge on any atom is -0.471 e. The lowest BCUT2D eigenvalue weighted by Gasteiger charge is -2.24. The van der Waals surface area contributed by atoms with Crippen LogP contribution >= 0.6 is 11.3 Å². The number of halogens is 3. The van der Waals surface area contributed by atoms with Gasteiger partial charge in [0.05, 0.1) is 12.1 Å². The molecule has 0 aromatic carbocycles. The van der Waals surface area contributed by atoms with Crippen LogP contribution in [0.5, 0.6) is 0 Å². The SMILES string of the molecule is CC1=C(OS(=O)(=O)C(F)(F)F)CC(c2nccs2)CC1.COC=O. The standard InChI is InChI=1S/C11H12F3NO3S2.C2H4O2/c1-7-2-3-8(10-15-4-5-19-10)6-9(7)18-20(16,17)11(12,13)14;1-4-2-3/h4-5,8H,2-3,6H2,1H3;2H,1H3. The summed E-state index contributed by atoms with van der Waals surface area (Å²) in [4.78, 5) is 13.1. The smallest absolute Gasteiger partial charge is 0.471 e. The highest BCUT2D eigenvalue weighted by Crippen LogP contribution is 2.39. The van der Waals surface area contributed by atoms with Crippen LogP contribution in [0.2, 0.25) is 0 Å². The van der Waals surface area contributed by atoms with Crippen molar-refractivity contribution in [2.45, 2.75) is 37.6 Å². The van der Waals surface area contributed by atoms with Gasteiger partial charge >= 0.3 is 15.6 Å². The molecule has 0 N–H and O–H groups in total. The predicted molar refractivity (Wildman–Crippen MR) is 80.5 cm³/mol. The largest absolute Gasteiger partial charge is 0.534 e. The number of carbonyl (C=O) groups excluding carboxylic acids is 1. The number of alkyl halides is 3. The average molecular weight is 387 g/mol. The summed E-state index contributed by atoms with van der Waals surface area (Å²) in [6, 6.07) is 0. The summed E-state index contributed by atoms with van der Waals surface area (Å²) in [6.45, 7) is 1.96. The lowest BCUT2D eigenvalue weighted by atomic mass is 9.89. The van der Waals surface area contributed by atoms with Crippen LogP contribution in [0, 0.1) is 0 Å². The van der Waals surface area contributed by atoms with Gasteiger partial charge in [-0.25, -0.2) is 4.98 Å². The molecule has 2 rings (SSSR count). The third-order valence-corrected chi connectivity index (χ3v) is 5.09. The highest BCUT2D eigenvalue weighted by atomic mass is 32.2. The van der Waals surface area contributed by atoms with E-state index in [4.69, 9.17) is 4.79 Å². The van der Waals surface area contributed by atoms with Gasteiger partial charge in [0.2, 0.25) is 0 Å². The second-order valence-corrected chi connectivity index (χ2v) is 7.29. The molecule has 1 unspecified atom stereocenters. The first-order chi connectivity index (χ1) is 11.1. The van der Waals surface area contributed by atoms with Crippen molar-refractivity contribution in [3.05, 3.63) is 27.9 Å². The number of ether oxygens (including phenoxy) is 1. The van der Waals surface area contributed by atoms with Crippen LogP contribution in [0.4, 0.5) is 13.2 Å². The Kier molecular flexibility index (Phi) is 7.21. The Hall–Kier alpha value is -1.62. The molecule has 1 aromatic rings. The number of carbonyl (C=O) groups is 1. The third kappa shape index (κ3) is 5.48. The second kappa shape index (κ2) is 8.47. The summed E-state index contributed by atoms with van der Waals surface area (Å²) in [5.74, 6) is -0.217. The number of aromatic nitrogens is 1. The fourth-order valence-corrected chi connectivity index (χ4v) is 3.31. The number of thiazole rings is 1. The van der Waals surface area contributed by atoms with E-state index in [0.717, 1.165) is 11.4 Å². The van der Waals surface area contributed by atoms with Crippen LogP contribution in [-0.2, 0) is 23.8 Å². The van der Waals surface area contributed by atoms with E-state index in [-0.39, 0.29) is 18.1 Å². The zero-order valence-electron chi connectivity index (χ0n) is 12.9. The Balaban J connectivity index is 0.000000648. The van der Waals surface area contributed by atoms with Crippen LogP contribution in [-0.4, -0.2) is 32.5 Å². The van der Waals surface area contributed by atoms with Crippen molar-refractivity contribution >= 4 is 27.9 Å². The molecule has 0 saturated carbocycles. The maximum absolute atomic E-state index is 12.3. The molecule has 136 valence electrons. The molecule has 0 radical (unpaired) electrons. The van der Waals surface area contributed by atoms with Gasteiger partial charge in [0.25, 0.3) is 6.47 Å². The van der Waals surface area contributed by atoms with Crippen molar-refractivity contribution in [2.24, 2.45) is 0 Å². The van der Waals surface area contributed by atoms with Crippen molar-refractivity contribution < 1.29 is 35.3 Å². The first kappa shape index (κ1) is 20.4. The summed E-state index contributed by atoms with van der Waals surface area (Å²) >= 11 is 1.40. The van der Waals surface area contributed by atoms with E-state index < -0.39 is 15.6 Å². The Bertz CT molecular complexity index is 668. The zero-order valence-corrected chi connectivity index (χ0v) is 14.5. The normalized spacial score (nSPS) is 18.5. The fourth-order valence-electron chi connectivity index (χ4n) is 1.96. The van der Waals surface area contributed by atoms with E-state index in [0.29, 0.717) is 18.5 Å². The van der Waals surface area contributed by atoms with Gasteiger partial charge in [-0.15, -0.1) is 11.3 Å². The van der Waals surface area contributed by atoms with Crippen molar-refractivity contribution in [1.29, 1.82) is 0 Å². The number of allylic oxidation sites excluding steroid dienone is 2. The molecular formula is C13H16F3NO5S2. The first-order valence-corrected chi connectivity index (χ1v) is 8.96. The lowest BCUT2D eigenvalue weighted by Crippen LogP contribution is -2.26. The highest BCUT2D eigenvalue weighted by Gasteiger charge is 2.49. The number of hydrogen-bond acceptors (Lipinski definition) is 7. The maximum atomic E-state index is 12.3. The molecule has 1 aliphatic carbocycles.